The summed E-state index contributed by atoms with van der Waals surface area (Å²) < 4.78 is 10.6. The molecule has 0 aliphatic carbocycles. The van der Waals surface area contributed by atoms with Gasteiger partial charge in [0.25, 0.3) is 0 Å². The van der Waals surface area contributed by atoms with Gasteiger partial charge in [0, 0.05) is 0 Å². The molecule has 0 bridgehead atoms. The zero-order valence-corrected chi connectivity index (χ0v) is 10.9. The molecule has 2 aromatic rings. The minimum absolute atomic E-state index is 0.255. The van der Waals surface area contributed by atoms with Crippen molar-refractivity contribution in [3.63, 3.8) is 0 Å². The van der Waals surface area contributed by atoms with Crippen molar-refractivity contribution in [2.75, 3.05) is 19.5 Å². The number of aromatic nitrogens is 2. The maximum Gasteiger partial charge on any atom is 0.220 e. The maximum absolute atomic E-state index is 5.52. The van der Waals surface area contributed by atoms with E-state index in [-0.39, 0.29) is 5.95 Å². The summed E-state index contributed by atoms with van der Waals surface area (Å²) in [6, 6.07) is 8.05. The number of anilines is 1. The van der Waals surface area contributed by atoms with Gasteiger partial charge in [0.15, 0.2) is 5.75 Å². The number of nitrogens with two attached hydrogens (primary N) is 1. The molecule has 100 valence electrons. The molecule has 0 fully saturated rings. The Morgan fingerprint density at radius 3 is 2.37 bits per heavy atom. The van der Waals surface area contributed by atoms with Crippen LogP contribution in [0, 0.1) is 0 Å². The van der Waals surface area contributed by atoms with Gasteiger partial charge in [-0.15, -0.1) is 0 Å². The molecule has 0 radical (unpaired) electrons. The molecule has 5 heteroatoms. The SMILES string of the molecule is COc1ccc(CCCOc2cnc(N)nc2)cc1. The van der Waals surface area contributed by atoms with Crippen LogP contribution in [0.15, 0.2) is 36.7 Å². The van der Waals surface area contributed by atoms with Crippen molar-refractivity contribution in [1.29, 1.82) is 0 Å². The van der Waals surface area contributed by atoms with Gasteiger partial charge in [0.2, 0.25) is 5.95 Å². The first-order valence-corrected chi connectivity index (χ1v) is 6.11. The Bertz CT molecular complexity index is 497. The van der Waals surface area contributed by atoms with Crippen LogP contribution in [0.2, 0.25) is 0 Å². The van der Waals surface area contributed by atoms with E-state index in [0.29, 0.717) is 12.4 Å². The number of benzene rings is 1. The number of nitrogens with zero attached hydrogens (tertiary/aromatic N) is 2. The van der Waals surface area contributed by atoms with E-state index < -0.39 is 0 Å². The molecular weight excluding hydrogens is 242 g/mol. The Kier molecular flexibility index (Phi) is 4.55. The van der Waals surface area contributed by atoms with Gasteiger partial charge in [-0.25, -0.2) is 9.97 Å². The van der Waals surface area contributed by atoms with Crippen molar-refractivity contribution >= 4 is 5.95 Å². The van der Waals surface area contributed by atoms with Crippen molar-refractivity contribution in [3.8, 4) is 11.5 Å². The zero-order chi connectivity index (χ0) is 13.5. The second-order valence-corrected chi connectivity index (χ2v) is 4.08. The normalized spacial score (nSPS) is 10.2. The van der Waals surface area contributed by atoms with E-state index in [0.717, 1.165) is 18.6 Å². The Hall–Kier alpha value is -2.30. The van der Waals surface area contributed by atoms with Gasteiger partial charge in [-0.05, 0) is 30.5 Å². The third-order valence-electron chi connectivity index (χ3n) is 2.69. The molecule has 1 aromatic heterocycles. The highest BCUT2D eigenvalue weighted by Crippen LogP contribution is 2.13. The molecule has 0 amide bonds. The summed E-state index contributed by atoms with van der Waals surface area (Å²) in [6.45, 7) is 0.624. The van der Waals surface area contributed by atoms with Gasteiger partial charge in [0.05, 0.1) is 26.1 Å². The lowest BCUT2D eigenvalue weighted by atomic mass is 10.1. The summed E-state index contributed by atoms with van der Waals surface area (Å²) in [4.78, 5) is 7.73. The van der Waals surface area contributed by atoms with E-state index in [2.05, 4.69) is 22.1 Å². The average molecular weight is 259 g/mol. The van der Waals surface area contributed by atoms with Gasteiger partial charge < -0.3 is 15.2 Å². The molecule has 5 nitrogen and oxygen atoms in total. The fourth-order valence-electron chi connectivity index (χ4n) is 1.66. The molecule has 0 saturated heterocycles. The number of nitrogen functional groups attached to an aromatic ring is 1. The predicted molar refractivity (Wildman–Crippen MR) is 73.3 cm³/mol. The summed E-state index contributed by atoms with van der Waals surface area (Å²) in [7, 11) is 1.66. The van der Waals surface area contributed by atoms with Crippen molar-refractivity contribution in [1.82, 2.24) is 9.97 Å². The van der Waals surface area contributed by atoms with Crippen molar-refractivity contribution in [2.45, 2.75) is 12.8 Å². The lowest BCUT2D eigenvalue weighted by Crippen LogP contribution is -2.01. The van der Waals surface area contributed by atoms with Gasteiger partial charge in [-0.3, -0.25) is 0 Å². The Morgan fingerprint density at radius 1 is 1.05 bits per heavy atom. The second-order valence-electron chi connectivity index (χ2n) is 4.08. The number of rotatable bonds is 6. The third kappa shape index (κ3) is 4.13. The first-order valence-electron chi connectivity index (χ1n) is 6.11. The van der Waals surface area contributed by atoms with Crippen LogP contribution in [-0.2, 0) is 6.42 Å². The molecule has 2 rings (SSSR count). The molecule has 1 aromatic carbocycles. The highest BCUT2D eigenvalue weighted by atomic mass is 16.5. The smallest absolute Gasteiger partial charge is 0.220 e. The largest absolute Gasteiger partial charge is 0.497 e. The fraction of sp³-hybridized carbons (Fsp3) is 0.286. The van der Waals surface area contributed by atoms with Gasteiger partial charge in [-0.1, -0.05) is 12.1 Å². The van der Waals surface area contributed by atoms with E-state index in [1.165, 1.54) is 5.56 Å². The van der Waals surface area contributed by atoms with Crippen LogP contribution in [0.1, 0.15) is 12.0 Å². The van der Waals surface area contributed by atoms with Crippen LogP contribution in [0.5, 0.6) is 11.5 Å². The summed E-state index contributed by atoms with van der Waals surface area (Å²) in [5.41, 5.74) is 6.66. The summed E-state index contributed by atoms with van der Waals surface area (Å²) >= 11 is 0. The van der Waals surface area contributed by atoms with Crippen LogP contribution >= 0.6 is 0 Å². The summed E-state index contributed by atoms with van der Waals surface area (Å²) in [5, 5.41) is 0. The highest BCUT2D eigenvalue weighted by Gasteiger charge is 1.97. The molecule has 0 atom stereocenters. The molecule has 1 heterocycles. The molecule has 0 unspecified atom stereocenters. The van der Waals surface area contributed by atoms with E-state index >= 15 is 0 Å². The van der Waals surface area contributed by atoms with Gasteiger partial charge in [0.1, 0.15) is 5.75 Å². The van der Waals surface area contributed by atoms with Crippen LogP contribution in [0.4, 0.5) is 5.95 Å². The molecular formula is C14H17N3O2. The minimum atomic E-state index is 0.255. The van der Waals surface area contributed by atoms with Crippen LogP contribution in [-0.4, -0.2) is 23.7 Å². The number of methoxy groups -OCH3 is 1. The van der Waals surface area contributed by atoms with Crippen molar-refractivity contribution in [3.05, 3.63) is 42.2 Å². The maximum atomic E-state index is 5.52. The van der Waals surface area contributed by atoms with E-state index in [1.54, 1.807) is 19.5 Å². The van der Waals surface area contributed by atoms with Gasteiger partial charge >= 0.3 is 0 Å². The fourth-order valence-corrected chi connectivity index (χ4v) is 1.66. The molecule has 19 heavy (non-hydrogen) atoms. The van der Waals surface area contributed by atoms with Gasteiger partial charge in [-0.2, -0.15) is 0 Å². The zero-order valence-electron chi connectivity index (χ0n) is 10.9. The highest BCUT2D eigenvalue weighted by molar-refractivity contribution is 5.27. The van der Waals surface area contributed by atoms with Crippen molar-refractivity contribution < 1.29 is 9.47 Å². The summed E-state index contributed by atoms with van der Waals surface area (Å²) in [6.07, 6.45) is 5.04. The second kappa shape index (κ2) is 6.58. The first kappa shape index (κ1) is 13.1. The van der Waals surface area contributed by atoms with Crippen LogP contribution in [0.25, 0.3) is 0 Å². The van der Waals surface area contributed by atoms with E-state index in [4.69, 9.17) is 15.2 Å². The van der Waals surface area contributed by atoms with Crippen LogP contribution in [0.3, 0.4) is 0 Å². The topological polar surface area (TPSA) is 70.3 Å². The number of ether oxygens (including phenoxy) is 2. The quantitative estimate of drug-likeness (QED) is 0.804. The summed E-state index contributed by atoms with van der Waals surface area (Å²) in [5.74, 6) is 1.77. The number of aryl methyl sites for hydroxylation is 1. The lowest BCUT2D eigenvalue weighted by molar-refractivity contribution is 0.308. The minimum Gasteiger partial charge on any atom is -0.497 e. The van der Waals surface area contributed by atoms with E-state index in [9.17, 15) is 0 Å². The van der Waals surface area contributed by atoms with Crippen molar-refractivity contribution in [2.24, 2.45) is 0 Å². The number of hydrogen-bond donors (Lipinski definition) is 1. The van der Waals surface area contributed by atoms with E-state index in [1.807, 2.05) is 12.1 Å². The van der Waals surface area contributed by atoms with Crippen LogP contribution < -0.4 is 15.2 Å². The predicted octanol–water partition coefficient (Wildman–Crippen LogP) is 2.08. The molecule has 0 spiro atoms. The Balaban J connectivity index is 1.72. The lowest BCUT2D eigenvalue weighted by Gasteiger charge is -2.06. The third-order valence-corrected chi connectivity index (χ3v) is 2.69. The number of hydrogen-bond acceptors (Lipinski definition) is 5. The molecule has 0 aliphatic rings. The molecule has 0 saturated carbocycles. The Morgan fingerprint density at radius 2 is 1.74 bits per heavy atom. The average Bonchev–Trinajstić information content (AvgIpc) is 2.46. The molecule has 2 N–H and O–H groups in total. The monoisotopic (exact) mass is 259 g/mol. The standard InChI is InChI=1S/C14H17N3O2/c1-18-12-6-4-11(5-7-12)3-2-8-19-13-9-16-14(15)17-10-13/h4-7,9-10H,2-3,8H2,1H3,(H2,15,16,17). The first-order chi connectivity index (χ1) is 9.28. The Labute approximate surface area is 112 Å². The molecule has 0 aliphatic heterocycles.